The number of anilines is 1. The topological polar surface area (TPSA) is 108 Å². The second kappa shape index (κ2) is 9.84. The second-order valence-electron chi connectivity index (χ2n) is 6.77. The molecule has 1 atom stereocenters. The van der Waals surface area contributed by atoms with Gasteiger partial charge in [0, 0.05) is 11.8 Å². The van der Waals surface area contributed by atoms with E-state index in [2.05, 4.69) is 10.3 Å². The van der Waals surface area contributed by atoms with Crippen LogP contribution in [0.15, 0.2) is 60.0 Å². The highest BCUT2D eigenvalue weighted by molar-refractivity contribution is 7.87. The van der Waals surface area contributed by atoms with Crippen LogP contribution >= 0.6 is 11.3 Å². The SMILES string of the molecule is CCc1csc(CC(NC(=O)Cc2ccccc2)c2ccc(NS(=O)(=O)O)cc2)n1. The molecule has 1 unspecified atom stereocenters. The Hall–Kier alpha value is -2.75. The van der Waals surface area contributed by atoms with Crippen molar-refractivity contribution in [1.82, 2.24) is 10.3 Å². The van der Waals surface area contributed by atoms with Crippen molar-refractivity contribution in [2.75, 3.05) is 4.72 Å². The minimum Gasteiger partial charge on any atom is -0.349 e. The van der Waals surface area contributed by atoms with Crippen LogP contribution in [0.2, 0.25) is 0 Å². The molecule has 0 aliphatic carbocycles. The zero-order chi connectivity index (χ0) is 21.6. The minimum absolute atomic E-state index is 0.112. The standard InChI is InChI=1S/C21H23N3O4S2/c1-2-17-14-29-21(22-17)13-19(23-20(25)12-15-6-4-3-5-7-15)16-8-10-18(11-9-16)24-30(26,27)28/h3-11,14,19,24H,2,12-13H2,1H3,(H,23,25)(H,26,27,28). The molecule has 3 aromatic rings. The zero-order valence-electron chi connectivity index (χ0n) is 16.4. The van der Waals surface area contributed by atoms with Crippen LogP contribution in [-0.4, -0.2) is 23.9 Å². The number of nitrogens with zero attached hydrogens (tertiary/aromatic N) is 1. The molecule has 1 aromatic heterocycles. The Morgan fingerprint density at radius 2 is 1.83 bits per heavy atom. The zero-order valence-corrected chi connectivity index (χ0v) is 18.0. The summed E-state index contributed by atoms with van der Waals surface area (Å²) in [6.45, 7) is 2.04. The number of nitrogens with one attached hydrogen (secondary N) is 2. The maximum Gasteiger partial charge on any atom is 0.357 e. The van der Waals surface area contributed by atoms with E-state index in [1.807, 2.05) is 47.4 Å². The van der Waals surface area contributed by atoms with Gasteiger partial charge in [0.25, 0.3) is 0 Å². The average Bonchev–Trinajstić information content (AvgIpc) is 3.15. The Morgan fingerprint density at radius 3 is 2.43 bits per heavy atom. The molecular formula is C21H23N3O4S2. The molecule has 0 saturated carbocycles. The molecule has 0 radical (unpaired) electrons. The summed E-state index contributed by atoms with van der Waals surface area (Å²) in [6.07, 6.45) is 1.63. The molecule has 0 aliphatic heterocycles. The Bertz CT molecular complexity index is 1080. The molecule has 0 saturated heterocycles. The summed E-state index contributed by atoms with van der Waals surface area (Å²) in [6, 6.07) is 15.7. The summed E-state index contributed by atoms with van der Waals surface area (Å²) < 4.78 is 32.9. The Morgan fingerprint density at radius 1 is 1.13 bits per heavy atom. The van der Waals surface area contributed by atoms with Gasteiger partial charge in [-0.25, -0.2) is 4.98 Å². The van der Waals surface area contributed by atoms with Crippen LogP contribution in [-0.2, 0) is 34.4 Å². The lowest BCUT2D eigenvalue weighted by atomic mass is 10.0. The molecule has 30 heavy (non-hydrogen) atoms. The summed E-state index contributed by atoms with van der Waals surface area (Å²) >= 11 is 1.55. The highest BCUT2D eigenvalue weighted by atomic mass is 32.2. The predicted molar refractivity (Wildman–Crippen MR) is 118 cm³/mol. The number of aryl methyl sites for hydroxylation is 1. The fraction of sp³-hybridized carbons (Fsp3) is 0.238. The van der Waals surface area contributed by atoms with E-state index in [0.717, 1.165) is 28.2 Å². The van der Waals surface area contributed by atoms with Crippen molar-refractivity contribution in [3.8, 4) is 0 Å². The number of carbonyl (C=O) groups is 1. The predicted octanol–water partition coefficient (Wildman–Crippen LogP) is 3.56. The molecule has 1 amide bonds. The first-order valence-electron chi connectivity index (χ1n) is 9.44. The van der Waals surface area contributed by atoms with E-state index in [0.29, 0.717) is 6.42 Å². The van der Waals surface area contributed by atoms with Gasteiger partial charge in [-0.2, -0.15) is 8.42 Å². The molecule has 0 aliphatic rings. The van der Waals surface area contributed by atoms with Crippen molar-refractivity contribution in [2.24, 2.45) is 0 Å². The van der Waals surface area contributed by atoms with E-state index in [4.69, 9.17) is 4.55 Å². The van der Waals surface area contributed by atoms with E-state index < -0.39 is 10.3 Å². The monoisotopic (exact) mass is 445 g/mol. The van der Waals surface area contributed by atoms with Crippen LogP contribution in [0, 0.1) is 0 Å². The number of aromatic nitrogens is 1. The summed E-state index contributed by atoms with van der Waals surface area (Å²) in [5.41, 5.74) is 2.98. The maximum atomic E-state index is 12.6. The number of benzene rings is 2. The summed E-state index contributed by atoms with van der Waals surface area (Å²) in [7, 11) is -4.34. The Balaban J connectivity index is 1.78. The molecule has 0 fully saturated rings. The molecule has 0 spiro atoms. The van der Waals surface area contributed by atoms with Gasteiger partial charge in [0.1, 0.15) is 0 Å². The number of carbonyl (C=O) groups excluding carboxylic acids is 1. The summed E-state index contributed by atoms with van der Waals surface area (Å²) in [5.74, 6) is -0.112. The van der Waals surface area contributed by atoms with E-state index in [1.165, 1.54) is 0 Å². The summed E-state index contributed by atoms with van der Waals surface area (Å²) in [4.78, 5) is 17.2. The van der Waals surface area contributed by atoms with Gasteiger partial charge in [0.05, 0.1) is 28.9 Å². The van der Waals surface area contributed by atoms with Crippen LogP contribution in [0.25, 0.3) is 0 Å². The lowest BCUT2D eigenvalue weighted by Crippen LogP contribution is -2.31. The fourth-order valence-electron chi connectivity index (χ4n) is 2.99. The number of rotatable bonds is 9. The lowest BCUT2D eigenvalue weighted by molar-refractivity contribution is -0.121. The van der Waals surface area contributed by atoms with Crippen LogP contribution in [0.5, 0.6) is 0 Å². The molecule has 158 valence electrons. The van der Waals surface area contributed by atoms with Crippen LogP contribution in [0.1, 0.15) is 34.8 Å². The molecular weight excluding hydrogens is 422 g/mol. The number of amides is 1. The van der Waals surface area contributed by atoms with Crippen molar-refractivity contribution in [2.45, 2.75) is 32.2 Å². The molecule has 1 heterocycles. The number of hydrogen-bond acceptors (Lipinski definition) is 5. The third-order valence-corrected chi connectivity index (χ3v) is 5.86. The Labute approximate surface area is 180 Å². The maximum absolute atomic E-state index is 12.6. The van der Waals surface area contributed by atoms with Crippen molar-refractivity contribution in [1.29, 1.82) is 0 Å². The van der Waals surface area contributed by atoms with Crippen molar-refractivity contribution in [3.63, 3.8) is 0 Å². The smallest absolute Gasteiger partial charge is 0.349 e. The lowest BCUT2D eigenvalue weighted by Gasteiger charge is -2.19. The van der Waals surface area contributed by atoms with Gasteiger partial charge < -0.3 is 5.32 Å². The molecule has 2 aromatic carbocycles. The van der Waals surface area contributed by atoms with E-state index in [9.17, 15) is 13.2 Å². The van der Waals surface area contributed by atoms with Crippen molar-refractivity contribution in [3.05, 3.63) is 81.8 Å². The first-order chi connectivity index (χ1) is 14.3. The first kappa shape index (κ1) is 21.9. The quantitative estimate of drug-likeness (QED) is 0.437. The van der Waals surface area contributed by atoms with Crippen LogP contribution in [0.4, 0.5) is 5.69 Å². The van der Waals surface area contributed by atoms with Crippen molar-refractivity contribution >= 4 is 33.2 Å². The third-order valence-electron chi connectivity index (χ3n) is 4.44. The molecule has 9 heteroatoms. The van der Waals surface area contributed by atoms with E-state index in [1.54, 1.807) is 35.6 Å². The van der Waals surface area contributed by atoms with Gasteiger partial charge in [-0.15, -0.1) is 11.3 Å². The molecule has 3 N–H and O–H groups in total. The largest absolute Gasteiger partial charge is 0.357 e. The van der Waals surface area contributed by atoms with Gasteiger partial charge in [-0.3, -0.25) is 14.1 Å². The molecule has 0 bridgehead atoms. The first-order valence-corrected chi connectivity index (χ1v) is 11.8. The number of hydrogen-bond donors (Lipinski definition) is 3. The van der Waals surface area contributed by atoms with Crippen LogP contribution < -0.4 is 10.0 Å². The van der Waals surface area contributed by atoms with Crippen LogP contribution in [0.3, 0.4) is 0 Å². The highest BCUT2D eigenvalue weighted by Gasteiger charge is 2.18. The second-order valence-corrected chi connectivity index (χ2v) is 8.87. The van der Waals surface area contributed by atoms with Gasteiger partial charge >= 0.3 is 10.3 Å². The molecule has 3 rings (SSSR count). The van der Waals surface area contributed by atoms with Gasteiger partial charge in [-0.05, 0) is 29.7 Å². The molecule has 7 nitrogen and oxygen atoms in total. The number of thiazole rings is 1. The van der Waals surface area contributed by atoms with E-state index >= 15 is 0 Å². The van der Waals surface area contributed by atoms with Gasteiger partial charge in [0.2, 0.25) is 5.91 Å². The Kier molecular flexibility index (Phi) is 7.20. The van der Waals surface area contributed by atoms with Gasteiger partial charge in [-0.1, -0.05) is 49.4 Å². The van der Waals surface area contributed by atoms with Gasteiger partial charge in [0.15, 0.2) is 0 Å². The highest BCUT2D eigenvalue weighted by Crippen LogP contribution is 2.23. The minimum atomic E-state index is -4.34. The van der Waals surface area contributed by atoms with Crippen molar-refractivity contribution < 1.29 is 17.8 Å². The third kappa shape index (κ3) is 6.65. The fourth-order valence-corrected chi connectivity index (χ4v) is 4.35. The summed E-state index contributed by atoms with van der Waals surface area (Å²) in [5, 5.41) is 5.99. The average molecular weight is 446 g/mol. The van der Waals surface area contributed by atoms with E-state index in [-0.39, 0.29) is 24.1 Å². The normalized spacial score (nSPS) is 12.3.